The van der Waals surface area contributed by atoms with Gasteiger partial charge in [0.15, 0.2) is 0 Å². The summed E-state index contributed by atoms with van der Waals surface area (Å²) in [6, 6.07) is 7.94. The molecule has 2 fully saturated rings. The van der Waals surface area contributed by atoms with E-state index in [0.717, 1.165) is 45.0 Å². The molecule has 1 aromatic carbocycles. The SMILES string of the molecule is O=C(O)CCNc1ccc(C(=O)N2CCN(C3CCNCC3)CC2)cc1. The zero-order valence-corrected chi connectivity index (χ0v) is 15.1. The molecule has 2 heterocycles. The zero-order valence-electron chi connectivity index (χ0n) is 15.1. The van der Waals surface area contributed by atoms with Crippen molar-refractivity contribution >= 4 is 17.6 Å². The molecule has 0 bridgehead atoms. The van der Waals surface area contributed by atoms with Crippen molar-refractivity contribution in [3.63, 3.8) is 0 Å². The zero-order chi connectivity index (χ0) is 18.4. The van der Waals surface area contributed by atoms with Crippen LogP contribution in [0.5, 0.6) is 0 Å². The Kier molecular flexibility index (Phi) is 6.46. The molecule has 26 heavy (non-hydrogen) atoms. The van der Waals surface area contributed by atoms with Crippen molar-refractivity contribution in [2.45, 2.75) is 25.3 Å². The lowest BCUT2D eigenvalue weighted by Gasteiger charge is -2.40. The largest absolute Gasteiger partial charge is 0.481 e. The molecule has 1 amide bonds. The molecular formula is C19H28N4O3. The quantitative estimate of drug-likeness (QED) is 0.704. The average Bonchev–Trinajstić information content (AvgIpc) is 2.68. The van der Waals surface area contributed by atoms with Crippen LogP contribution in [0, 0.1) is 0 Å². The Morgan fingerprint density at radius 1 is 1.08 bits per heavy atom. The van der Waals surface area contributed by atoms with Gasteiger partial charge >= 0.3 is 5.97 Å². The highest BCUT2D eigenvalue weighted by Crippen LogP contribution is 2.17. The standard InChI is InChI=1S/C19H28N4O3/c24-18(25)7-10-21-16-3-1-15(2-4-16)19(26)23-13-11-22(12-14-23)17-5-8-20-9-6-17/h1-4,17,20-21H,5-14H2,(H,24,25). The molecule has 0 atom stereocenters. The second kappa shape index (κ2) is 9.00. The van der Waals surface area contributed by atoms with Crippen molar-refractivity contribution in [2.24, 2.45) is 0 Å². The summed E-state index contributed by atoms with van der Waals surface area (Å²) < 4.78 is 0. The third-order valence-electron chi connectivity index (χ3n) is 5.23. The second-order valence-corrected chi connectivity index (χ2v) is 6.96. The maximum Gasteiger partial charge on any atom is 0.305 e. The summed E-state index contributed by atoms with van der Waals surface area (Å²) in [6.45, 7) is 6.02. The highest BCUT2D eigenvalue weighted by atomic mass is 16.4. The molecule has 7 heteroatoms. The van der Waals surface area contributed by atoms with Crippen LogP contribution in [0.1, 0.15) is 29.6 Å². The number of carboxylic acid groups (broad SMARTS) is 1. The van der Waals surface area contributed by atoms with Gasteiger partial charge in [-0.3, -0.25) is 14.5 Å². The van der Waals surface area contributed by atoms with E-state index in [9.17, 15) is 9.59 Å². The molecule has 0 aliphatic carbocycles. The van der Waals surface area contributed by atoms with Crippen molar-refractivity contribution in [3.05, 3.63) is 29.8 Å². The van der Waals surface area contributed by atoms with E-state index in [1.807, 2.05) is 29.2 Å². The van der Waals surface area contributed by atoms with Gasteiger partial charge in [-0.05, 0) is 50.2 Å². The topological polar surface area (TPSA) is 84.9 Å². The lowest BCUT2D eigenvalue weighted by molar-refractivity contribution is -0.136. The molecule has 3 rings (SSSR count). The van der Waals surface area contributed by atoms with E-state index < -0.39 is 5.97 Å². The summed E-state index contributed by atoms with van der Waals surface area (Å²) in [5, 5.41) is 15.1. The highest BCUT2D eigenvalue weighted by Gasteiger charge is 2.27. The molecule has 0 aromatic heterocycles. The van der Waals surface area contributed by atoms with E-state index in [2.05, 4.69) is 15.5 Å². The fourth-order valence-corrected chi connectivity index (χ4v) is 3.69. The first-order chi connectivity index (χ1) is 12.6. The molecule has 3 N–H and O–H groups in total. The van der Waals surface area contributed by atoms with Crippen LogP contribution in [0.4, 0.5) is 5.69 Å². The number of piperazine rings is 1. The van der Waals surface area contributed by atoms with Gasteiger partial charge in [-0.1, -0.05) is 0 Å². The molecule has 0 spiro atoms. The van der Waals surface area contributed by atoms with Gasteiger partial charge in [0.05, 0.1) is 6.42 Å². The maximum atomic E-state index is 12.7. The summed E-state index contributed by atoms with van der Waals surface area (Å²) in [5.41, 5.74) is 1.52. The number of carbonyl (C=O) groups is 2. The van der Waals surface area contributed by atoms with Crippen LogP contribution >= 0.6 is 0 Å². The highest BCUT2D eigenvalue weighted by molar-refractivity contribution is 5.94. The number of piperidine rings is 1. The van der Waals surface area contributed by atoms with E-state index in [-0.39, 0.29) is 12.3 Å². The Labute approximate surface area is 154 Å². The summed E-state index contributed by atoms with van der Waals surface area (Å²) >= 11 is 0. The Bertz CT molecular complexity index is 606. The van der Waals surface area contributed by atoms with E-state index in [1.165, 1.54) is 12.8 Å². The number of aliphatic carboxylic acids is 1. The van der Waals surface area contributed by atoms with Crippen LogP contribution in [0.25, 0.3) is 0 Å². The fraction of sp³-hybridized carbons (Fsp3) is 0.579. The number of anilines is 1. The number of hydrogen-bond donors (Lipinski definition) is 3. The Balaban J connectivity index is 1.47. The van der Waals surface area contributed by atoms with Crippen molar-refractivity contribution in [1.29, 1.82) is 0 Å². The summed E-state index contributed by atoms with van der Waals surface area (Å²) in [6.07, 6.45) is 2.47. The smallest absolute Gasteiger partial charge is 0.305 e. The molecule has 7 nitrogen and oxygen atoms in total. The van der Waals surface area contributed by atoms with E-state index in [1.54, 1.807) is 0 Å². The third kappa shape index (κ3) is 4.95. The van der Waals surface area contributed by atoms with Gasteiger partial charge < -0.3 is 20.6 Å². The van der Waals surface area contributed by atoms with Crippen molar-refractivity contribution in [1.82, 2.24) is 15.1 Å². The molecule has 2 aliphatic rings. The summed E-state index contributed by atoms with van der Waals surface area (Å²) in [4.78, 5) is 27.7. The van der Waals surface area contributed by atoms with Gasteiger partial charge in [0.1, 0.15) is 0 Å². The minimum absolute atomic E-state index is 0.0714. The summed E-state index contributed by atoms with van der Waals surface area (Å²) in [7, 11) is 0. The Hall–Kier alpha value is -2.12. The Morgan fingerprint density at radius 2 is 1.73 bits per heavy atom. The van der Waals surface area contributed by atoms with Crippen LogP contribution in [0.15, 0.2) is 24.3 Å². The number of carboxylic acids is 1. The number of nitrogens with zero attached hydrogens (tertiary/aromatic N) is 2. The Morgan fingerprint density at radius 3 is 2.35 bits per heavy atom. The molecule has 0 unspecified atom stereocenters. The second-order valence-electron chi connectivity index (χ2n) is 6.96. The maximum absolute atomic E-state index is 12.7. The van der Waals surface area contributed by atoms with Gasteiger partial charge in [-0.25, -0.2) is 0 Å². The molecule has 1 aromatic rings. The predicted octanol–water partition coefficient (Wildman–Crippen LogP) is 1.08. The summed E-state index contributed by atoms with van der Waals surface area (Å²) in [5.74, 6) is -0.750. The average molecular weight is 360 g/mol. The number of carbonyl (C=O) groups excluding carboxylic acids is 1. The molecule has 0 saturated carbocycles. The van der Waals surface area contributed by atoms with E-state index >= 15 is 0 Å². The number of amides is 1. The molecule has 142 valence electrons. The van der Waals surface area contributed by atoms with Gasteiger partial charge in [0, 0.05) is 50.0 Å². The first kappa shape index (κ1) is 18.7. The van der Waals surface area contributed by atoms with Crippen LogP contribution in [-0.2, 0) is 4.79 Å². The molecular weight excluding hydrogens is 332 g/mol. The van der Waals surface area contributed by atoms with Gasteiger partial charge in [0.25, 0.3) is 5.91 Å². The van der Waals surface area contributed by atoms with Crippen molar-refractivity contribution < 1.29 is 14.7 Å². The number of hydrogen-bond acceptors (Lipinski definition) is 5. The van der Waals surface area contributed by atoms with E-state index in [4.69, 9.17) is 5.11 Å². The molecule has 0 radical (unpaired) electrons. The van der Waals surface area contributed by atoms with Crippen LogP contribution in [0.3, 0.4) is 0 Å². The lowest BCUT2D eigenvalue weighted by Crippen LogP contribution is -2.53. The first-order valence-corrected chi connectivity index (χ1v) is 9.43. The minimum Gasteiger partial charge on any atom is -0.481 e. The first-order valence-electron chi connectivity index (χ1n) is 9.43. The van der Waals surface area contributed by atoms with E-state index in [0.29, 0.717) is 18.2 Å². The normalized spacial score (nSPS) is 19.3. The number of nitrogens with one attached hydrogen (secondary N) is 2. The minimum atomic E-state index is -0.826. The fourth-order valence-electron chi connectivity index (χ4n) is 3.69. The lowest BCUT2D eigenvalue weighted by atomic mass is 10.0. The predicted molar refractivity (Wildman–Crippen MR) is 101 cm³/mol. The number of rotatable bonds is 6. The van der Waals surface area contributed by atoms with Crippen molar-refractivity contribution in [2.75, 3.05) is 51.1 Å². The number of benzene rings is 1. The van der Waals surface area contributed by atoms with Crippen molar-refractivity contribution in [3.8, 4) is 0 Å². The monoisotopic (exact) mass is 360 g/mol. The molecule has 2 saturated heterocycles. The molecule has 2 aliphatic heterocycles. The van der Waals surface area contributed by atoms with Crippen LogP contribution < -0.4 is 10.6 Å². The van der Waals surface area contributed by atoms with Gasteiger partial charge in [0.2, 0.25) is 0 Å². The third-order valence-corrected chi connectivity index (χ3v) is 5.23. The van der Waals surface area contributed by atoms with Gasteiger partial charge in [-0.2, -0.15) is 0 Å². The van der Waals surface area contributed by atoms with Crippen LogP contribution in [-0.4, -0.2) is 78.6 Å². The van der Waals surface area contributed by atoms with Gasteiger partial charge in [-0.15, -0.1) is 0 Å². The van der Waals surface area contributed by atoms with Crippen LogP contribution in [0.2, 0.25) is 0 Å².